The van der Waals surface area contributed by atoms with Crippen LogP contribution in [0.25, 0.3) is 0 Å². The highest BCUT2D eigenvalue weighted by Gasteiger charge is 2.14. The van der Waals surface area contributed by atoms with Crippen molar-refractivity contribution in [1.29, 1.82) is 0 Å². The number of benzene rings is 1. The summed E-state index contributed by atoms with van der Waals surface area (Å²) < 4.78 is 5.28. The molecule has 0 aromatic heterocycles. The van der Waals surface area contributed by atoms with E-state index in [0.29, 0.717) is 0 Å². The van der Waals surface area contributed by atoms with Gasteiger partial charge in [-0.2, -0.15) is 0 Å². The molecule has 0 radical (unpaired) electrons. The third-order valence-corrected chi connectivity index (χ3v) is 3.08. The summed E-state index contributed by atoms with van der Waals surface area (Å²) in [6, 6.07) is 4.09. The molecule has 0 unspecified atom stereocenters. The molecule has 1 aromatic carbocycles. The zero-order chi connectivity index (χ0) is 12.3. The normalized spacial score (nSPS) is 11.6. The van der Waals surface area contributed by atoms with Crippen molar-refractivity contribution in [2.75, 3.05) is 7.11 Å². The average Bonchev–Trinajstić information content (AvgIpc) is 2.19. The zero-order valence-corrected chi connectivity index (χ0v) is 10.9. The average molecular weight is 222 g/mol. The summed E-state index contributed by atoms with van der Waals surface area (Å²) in [5.74, 6) is 0.935. The van der Waals surface area contributed by atoms with Gasteiger partial charge in [-0.25, -0.2) is 0 Å². The lowest BCUT2D eigenvalue weighted by atomic mass is 9.94. The third-order valence-electron chi connectivity index (χ3n) is 3.08. The highest BCUT2D eigenvalue weighted by atomic mass is 16.5. The molecule has 0 bridgehead atoms. The number of rotatable bonds is 4. The van der Waals surface area contributed by atoms with E-state index >= 15 is 0 Å². The third kappa shape index (κ3) is 3.24. The Morgan fingerprint density at radius 3 is 2.31 bits per heavy atom. The molecule has 0 aliphatic heterocycles. The van der Waals surface area contributed by atoms with Gasteiger partial charge in [-0.3, -0.25) is 0 Å². The molecule has 0 aliphatic rings. The number of ether oxygens (including phenoxy) is 1. The van der Waals surface area contributed by atoms with Crippen LogP contribution < -0.4 is 4.74 Å². The maximum atomic E-state index is 9.72. The molecule has 0 fully saturated rings. The second kappa shape index (κ2) is 4.88. The van der Waals surface area contributed by atoms with Gasteiger partial charge in [0, 0.05) is 0 Å². The molecule has 1 N–H and O–H groups in total. The van der Waals surface area contributed by atoms with E-state index in [4.69, 9.17) is 4.74 Å². The van der Waals surface area contributed by atoms with Crippen molar-refractivity contribution in [2.45, 2.75) is 46.1 Å². The number of methoxy groups -OCH3 is 1. The monoisotopic (exact) mass is 222 g/mol. The van der Waals surface area contributed by atoms with Gasteiger partial charge in [-0.05, 0) is 63.3 Å². The first-order valence-electron chi connectivity index (χ1n) is 5.70. The predicted octanol–water partition coefficient (Wildman–Crippen LogP) is 3.02. The Balaban J connectivity index is 2.87. The van der Waals surface area contributed by atoms with Crippen LogP contribution in [0.3, 0.4) is 0 Å². The molecule has 0 saturated carbocycles. The molecule has 1 rings (SSSR count). The Morgan fingerprint density at radius 1 is 1.19 bits per heavy atom. The van der Waals surface area contributed by atoms with Crippen LogP contribution in [0, 0.1) is 13.8 Å². The van der Waals surface area contributed by atoms with E-state index in [-0.39, 0.29) is 0 Å². The number of hydrogen-bond donors (Lipinski definition) is 1. The van der Waals surface area contributed by atoms with Gasteiger partial charge in [0.25, 0.3) is 0 Å². The molecule has 2 nitrogen and oxygen atoms in total. The predicted molar refractivity (Wildman–Crippen MR) is 67.1 cm³/mol. The van der Waals surface area contributed by atoms with Gasteiger partial charge in [0.15, 0.2) is 0 Å². The highest BCUT2D eigenvalue weighted by Crippen LogP contribution is 2.25. The van der Waals surface area contributed by atoms with Crippen molar-refractivity contribution in [1.82, 2.24) is 0 Å². The van der Waals surface area contributed by atoms with E-state index in [2.05, 4.69) is 19.9 Å². The molecule has 16 heavy (non-hydrogen) atoms. The van der Waals surface area contributed by atoms with Crippen LogP contribution >= 0.6 is 0 Å². The summed E-state index contributed by atoms with van der Waals surface area (Å²) in [5.41, 5.74) is 3.15. The van der Waals surface area contributed by atoms with Crippen LogP contribution in [0.2, 0.25) is 0 Å². The van der Waals surface area contributed by atoms with Gasteiger partial charge < -0.3 is 9.84 Å². The Labute approximate surface area is 98.3 Å². The first kappa shape index (κ1) is 13.0. The summed E-state index contributed by atoms with van der Waals surface area (Å²) in [7, 11) is 1.69. The molecule has 0 spiro atoms. The smallest absolute Gasteiger partial charge is 0.122 e. The lowest BCUT2D eigenvalue weighted by molar-refractivity contribution is 0.0713. The highest BCUT2D eigenvalue weighted by molar-refractivity contribution is 5.43. The van der Waals surface area contributed by atoms with Gasteiger partial charge in [0.2, 0.25) is 0 Å². The van der Waals surface area contributed by atoms with Crippen LogP contribution in [0.15, 0.2) is 12.1 Å². The second-order valence-electron chi connectivity index (χ2n) is 4.99. The first-order chi connectivity index (χ1) is 7.35. The van der Waals surface area contributed by atoms with Crippen molar-refractivity contribution < 1.29 is 9.84 Å². The summed E-state index contributed by atoms with van der Waals surface area (Å²) in [4.78, 5) is 0. The fourth-order valence-corrected chi connectivity index (χ4v) is 1.78. The molecule has 90 valence electrons. The van der Waals surface area contributed by atoms with Crippen LogP contribution in [-0.2, 0) is 6.42 Å². The fourth-order valence-electron chi connectivity index (χ4n) is 1.78. The van der Waals surface area contributed by atoms with Crippen LogP contribution in [-0.4, -0.2) is 17.8 Å². The van der Waals surface area contributed by atoms with E-state index in [9.17, 15) is 5.11 Å². The molecule has 0 saturated heterocycles. The van der Waals surface area contributed by atoms with E-state index in [1.165, 1.54) is 16.7 Å². The molecular weight excluding hydrogens is 200 g/mol. The quantitative estimate of drug-likeness (QED) is 0.848. The maximum Gasteiger partial charge on any atom is 0.122 e. The molecule has 0 atom stereocenters. The van der Waals surface area contributed by atoms with E-state index < -0.39 is 5.60 Å². The molecule has 1 aromatic rings. The second-order valence-corrected chi connectivity index (χ2v) is 4.99. The fraction of sp³-hybridized carbons (Fsp3) is 0.571. The van der Waals surface area contributed by atoms with Crippen molar-refractivity contribution in [3.63, 3.8) is 0 Å². The van der Waals surface area contributed by atoms with E-state index in [0.717, 1.165) is 18.6 Å². The van der Waals surface area contributed by atoms with Crippen LogP contribution in [0.4, 0.5) is 0 Å². The molecule has 2 heteroatoms. The zero-order valence-electron chi connectivity index (χ0n) is 10.9. The Kier molecular flexibility index (Phi) is 3.98. The standard InChI is InChI=1S/C14H22O2/c1-10-11(2)13(16-5)7-6-12(10)8-9-14(3,4)15/h6-7,15H,8-9H2,1-5H3. The number of aryl methyl sites for hydroxylation is 1. The van der Waals surface area contributed by atoms with E-state index in [1.807, 2.05) is 19.9 Å². The topological polar surface area (TPSA) is 29.5 Å². The van der Waals surface area contributed by atoms with Crippen molar-refractivity contribution >= 4 is 0 Å². The first-order valence-corrected chi connectivity index (χ1v) is 5.70. The largest absolute Gasteiger partial charge is 0.496 e. The van der Waals surface area contributed by atoms with Crippen LogP contribution in [0.5, 0.6) is 5.75 Å². The van der Waals surface area contributed by atoms with Gasteiger partial charge >= 0.3 is 0 Å². The van der Waals surface area contributed by atoms with Crippen molar-refractivity contribution in [3.05, 3.63) is 28.8 Å². The van der Waals surface area contributed by atoms with E-state index in [1.54, 1.807) is 7.11 Å². The maximum absolute atomic E-state index is 9.72. The van der Waals surface area contributed by atoms with Gasteiger partial charge in [-0.1, -0.05) is 6.07 Å². The Bertz CT molecular complexity index is 362. The summed E-state index contributed by atoms with van der Waals surface area (Å²) in [5, 5.41) is 9.72. The SMILES string of the molecule is COc1ccc(CCC(C)(C)O)c(C)c1C. The molecule has 0 amide bonds. The van der Waals surface area contributed by atoms with Gasteiger partial charge in [-0.15, -0.1) is 0 Å². The van der Waals surface area contributed by atoms with Gasteiger partial charge in [0.05, 0.1) is 12.7 Å². The lowest BCUT2D eigenvalue weighted by Gasteiger charge is -2.18. The summed E-state index contributed by atoms with van der Waals surface area (Å²) in [6.45, 7) is 7.87. The number of hydrogen-bond acceptors (Lipinski definition) is 2. The molecular formula is C14H22O2. The lowest BCUT2D eigenvalue weighted by Crippen LogP contribution is -2.19. The molecule has 0 heterocycles. The summed E-state index contributed by atoms with van der Waals surface area (Å²) >= 11 is 0. The summed E-state index contributed by atoms with van der Waals surface area (Å²) in [6.07, 6.45) is 1.68. The number of aliphatic hydroxyl groups is 1. The molecule has 0 aliphatic carbocycles. The van der Waals surface area contributed by atoms with Crippen molar-refractivity contribution in [3.8, 4) is 5.75 Å². The minimum absolute atomic E-state index is 0.597. The minimum Gasteiger partial charge on any atom is -0.496 e. The minimum atomic E-state index is -0.597. The Hall–Kier alpha value is -1.02. The van der Waals surface area contributed by atoms with Crippen LogP contribution in [0.1, 0.15) is 37.0 Å². The Morgan fingerprint density at radius 2 is 1.81 bits per heavy atom. The van der Waals surface area contributed by atoms with Crippen molar-refractivity contribution in [2.24, 2.45) is 0 Å². The van der Waals surface area contributed by atoms with Gasteiger partial charge in [0.1, 0.15) is 5.75 Å².